The van der Waals surface area contributed by atoms with Gasteiger partial charge in [-0.3, -0.25) is 9.20 Å². The van der Waals surface area contributed by atoms with E-state index in [0.717, 1.165) is 24.2 Å². The van der Waals surface area contributed by atoms with E-state index in [0.29, 0.717) is 16.8 Å². The van der Waals surface area contributed by atoms with Crippen LogP contribution in [0.3, 0.4) is 0 Å². The number of carbonyl (C=O) groups is 1. The van der Waals surface area contributed by atoms with Gasteiger partial charge < -0.3 is 5.32 Å². The Morgan fingerprint density at radius 2 is 2.35 bits per heavy atom. The Bertz CT molecular complexity index is 801. The lowest BCUT2D eigenvalue weighted by Gasteiger charge is -2.29. The number of amides is 1. The first-order valence-corrected chi connectivity index (χ1v) is 8.89. The zero-order valence-electron chi connectivity index (χ0n) is 12.8. The van der Waals surface area contributed by atoms with Gasteiger partial charge in [0.15, 0.2) is 10.1 Å². The van der Waals surface area contributed by atoms with Gasteiger partial charge in [-0.1, -0.05) is 31.4 Å². The molecular formula is C16H17ClN4OS. The van der Waals surface area contributed by atoms with Gasteiger partial charge in [-0.15, -0.1) is 11.3 Å². The number of aromatic nitrogens is 2. The number of nitrogens with zero attached hydrogens (tertiary/aromatic N) is 3. The molecule has 120 valence electrons. The highest BCUT2D eigenvalue weighted by atomic mass is 35.5. The Hall–Kier alpha value is -1.84. The zero-order valence-corrected chi connectivity index (χ0v) is 14.3. The first-order chi connectivity index (χ1) is 11.1. The SMILES string of the molecule is C[C@H]1CCCC[C@H]1NC(=O)/C(C#N)=C/c1c(Cl)nc2sccn12. The lowest BCUT2D eigenvalue weighted by molar-refractivity contribution is -0.118. The number of carbonyl (C=O) groups excluding carboxylic acids is 1. The van der Waals surface area contributed by atoms with Crippen molar-refractivity contribution >= 4 is 39.9 Å². The van der Waals surface area contributed by atoms with Crippen molar-refractivity contribution in [3.63, 3.8) is 0 Å². The average molecular weight is 349 g/mol. The smallest absolute Gasteiger partial charge is 0.262 e. The average Bonchev–Trinajstić information content (AvgIpc) is 3.08. The molecule has 7 heteroatoms. The lowest BCUT2D eigenvalue weighted by Crippen LogP contribution is -2.41. The number of fused-ring (bicyclic) bond motifs is 1. The third-order valence-corrected chi connectivity index (χ3v) is 5.36. The molecule has 1 fully saturated rings. The van der Waals surface area contributed by atoms with Crippen LogP contribution in [0.2, 0.25) is 5.15 Å². The van der Waals surface area contributed by atoms with Gasteiger partial charge in [0.05, 0.1) is 5.69 Å². The number of halogens is 1. The molecular weight excluding hydrogens is 332 g/mol. The van der Waals surface area contributed by atoms with E-state index in [2.05, 4.69) is 17.2 Å². The molecule has 2 aromatic heterocycles. The Morgan fingerprint density at radius 3 is 3.09 bits per heavy atom. The lowest BCUT2D eigenvalue weighted by atomic mass is 9.86. The second-order valence-corrected chi connectivity index (χ2v) is 7.09. The third-order valence-electron chi connectivity index (χ3n) is 4.33. The van der Waals surface area contributed by atoms with Gasteiger partial charge in [0.25, 0.3) is 5.91 Å². The Balaban J connectivity index is 1.84. The largest absolute Gasteiger partial charge is 0.348 e. The molecule has 0 radical (unpaired) electrons. The molecule has 5 nitrogen and oxygen atoms in total. The van der Waals surface area contributed by atoms with Crippen LogP contribution in [-0.2, 0) is 4.79 Å². The minimum Gasteiger partial charge on any atom is -0.348 e. The van der Waals surface area contributed by atoms with Crippen molar-refractivity contribution in [2.45, 2.75) is 38.6 Å². The molecule has 2 aromatic rings. The van der Waals surface area contributed by atoms with Crippen LogP contribution in [0.4, 0.5) is 0 Å². The fourth-order valence-corrected chi connectivity index (χ4v) is 3.96. The van der Waals surface area contributed by atoms with Gasteiger partial charge in [-0.2, -0.15) is 5.26 Å². The summed E-state index contributed by atoms with van der Waals surface area (Å²) in [4.78, 5) is 17.4. The molecule has 1 aliphatic carbocycles. The van der Waals surface area contributed by atoms with E-state index < -0.39 is 0 Å². The minimum absolute atomic E-state index is 0.0534. The van der Waals surface area contributed by atoms with Gasteiger partial charge >= 0.3 is 0 Å². The second kappa shape index (κ2) is 6.73. The van der Waals surface area contributed by atoms with Crippen LogP contribution < -0.4 is 5.32 Å². The van der Waals surface area contributed by atoms with Crippen LogP contribution in [0, 0.1) is 17.2 Å². The molecule has 0 unspecified atom stereocenters. The fraction of sp³-hybridized carbons (Fsp3) is 0.438. The summed E-state index contributed by atoms with van der Waals surface area (Å²) in [6.07, 6.45) is 7.73. The predicted octanol–water partition coefficient (Wildman–Crippen LogP) is 3.65. The monoisotopic (exact) mass is 348 g/mol. The molecule has 0 saturated heterocycles. The minimum atomic E-state index is -0.340. The maximum absolute atomic E-state index is 12.4. The van der Waals surface area contributed by atoms with Gasteiger partial charge in [-0.05, 0) is 24.8 Å². The summed E-state index contributed by atoms with van der Waals surface area (Å²) < 4.78 is 1.78. The molecule has 1 N–H and O–H groups in total. The molecule has 0 aromatic carbocycles. The summed E-state index contributed by atoms with van der Waals surface area (Å²) in [7, 11) is 0. The van der Waals surface area contributed by atoms with E-state index in [9.17, 15) is 10.1 Å². The molecule has 0 spiro atoms. The summed E-state index contributed by atoms with van der Waals surface area (Å²) in [5.74, 6) is 0.0993. The van der Waals surface area contributed by atoms with Crippen molar-refractivity contribution in [2.75, 3.05) is 0 Å². The van der Waals surface area contributed by atoms with Gasteiger partial charge in [0.2, 0.25) is 0 Å². The number of thiazole rings is 1. The maximum Gasteiger partial charge on any atom is 0.262 e. The number of hydrogen-bond acceptors (Lipinski definition) is 4. The Labute approximate surface area is 143 Å². The number of rotatable bonds is 3. The summed E-state index contributed by atoms with van der Waals surface area (Å²) in [5.41, 5.74) is 0.615. The second-order valence-electron chi connectivity index (χ2n) is 5.85. The summed E-state index contributed by atoms with van der Waals surface area (Å²) in [6, 6.07) is 2.12. The fourth-order valence-electron chi connectivity index (χ4n) is 2.97. The van der Waals surface area contributed by atoms with E-state index >= 15 is 0 Å². The topological polar surface area (TPSA) is 70.2 Å². The van der Waals surface area contributed by atoms with Crippen LogP contribution in [0.15, 0.2) is 17.2 Å². The molecule has 0 aliphatic heterocycles. The van der Waals surface area contributed by atoms with Gasteiger partial charge in [-0.25, -0.2) is 4.98 Å². The molecule has 2 atom stereocenters. The van der Waals surface area contributed by atoms with Crippen molar-refractivity contribution in [1.82, 2.24) is 14.7 Å². The molecule has 1 saturated carbocycles. The molecule has 3 rings (SSSR count). The number of hydrogen-bond donors (Lipinski definition) is 1. The summed E-state index contributed by atoms with van der Waals surface area (Å²) >= 11 is 7.57. The Morgan fingerprint density at radius 1 is 1.57 bits per heavy atom. The third kappa shape index (κ3) is 3.26. The van der Waals surface area contributed by atoms with Gasteiger partial charge in [0.1, 0.15) is 11.6 Å². The molecule has 2 heterocycles. The van der Waals surface area contributed by atoms with Crippen molar-refractivity contribution in [3.05, 3.63) is 28.0 Å². The molecule has 0 bridgehead atoms. The molecule has 1 aliphatic rings. The van der Waals surface area contributed by atoms with E-state index in [1.807, 2.05) is 17.6 Å². The first-order valence-electron chi connectivity index (χ1n) is 7.64. The van der Waals surface area contributed by atoms with Crippen molar-refractivity contribution in [1.29, 1.82) is 5.26 Å². The molecule has 23 heavy (non-hydrogen) atoms. The highest BCUT2D eigenvalue weighted by Crippen LogP contribution is 2.25. The van der Waals surface area contributed by atoms with Crippen LogP contribution >= 0.6 is 22.9 Å². The van der Waals surface area contributed by atoms with E-state index in [1.54, 1.807) is 4.40 Å². The maximum atomic E-state index is 12.4. The normalized spacial score (nSPS) is 22.0. The summed E-state index contributed by atoms with van der Waals surface area (Å²) in [6.45, 7) is 2.14. The van der Waals surface area contributed by atoms with Gasteiger partial charge in [0, 0.05) is 17.6 Å². The van der Waals surface area contributed by atoms with Crippen molar-refractivity contribution in [3.8, 4) is 6.07 Å². The highest BCUT2D eigenvalue weighted by Gasteiger charge is 2.24. The van der Waals surface area contributed by atoms with Crippen LogP contribution in [0.1, 0.15) is 38.3 Å². The first kappa shape index (κ1) is 16.0. The number of nitrogens with one attached hydrogen (secondary N) is 1. The van der Waals surface area contributed by atoms with E-state index in [1.165, 1.54) is 23.8 Å². The van der Waals surface area contributed by atoms with Crippen molar-refractivity contribution in [2.24, 2.45) is 5.92 Å². The number of imidazole rings is 1. The highest BCUT2D eigenvalue weighted by molar-refractivity contribution is 7.15. The van der Waals surface area contributed by atoms with Crippen LogP contribution in [0.5, 0.6) is 0 Å². The van der Waals surface area contributed by atoms with E-state index in [-0.39, 0.29) is 17.5 Å². The molecule has 1 amide bonds. The Kier molecular flexibility index (Phi) is 4.69. The quantitative estimate of drug-likeness (QED) is 0.679. The zero-order chi connectivity index (χ0) is 16.4. The van der Waals surface area contributed by atoms with Crippen LogP contribution in [-0.4, -0.2) is 21.3 Å². The number of nitriles is 1. The van der Waals surface area contributed by atoms with Crippen molar-refractivity contribution < 1.29 is 4.79 Å². The predicted molar refractivity (Wildman–Crippen MR) is 91.2 cm³/mol. The van der Waals surface area contributed by atoms with E-state index in [4.69, 9.17) is 11.6 Å². The van der Waals surface area contributed by atoms with Crippen LogP contribution in [0.25, 0.3) is 11.0 Å². The standard InChI is InChI=1S/C16H17ClN4OS/c1-10-4-2-3-5-12(10)19-15(22)11(9-18)8-13-14(17)20-16-21(13)6-7-23-16/h6-8,10,12H,2-5H2,1H3,(H,19,22)/b11-8+/t10-,12+/m0/s1. The summed E-state index contributed by atoms with van der Waals surface area (Å²) in [5, 5.41) is 14.5.